The maximum atomic E-state index is 12.7. The molecule has 1 amide bonds. The summed E-state index contributed by atoms with van der Waals surface area (Å²) >= 11 is 5.37. The van der Waals surface area contributed by atoms with E-state index in [1.807, 2.05) is 0 Å². The number of alkyl halides is 4. The van der Waals surface area contributed by atoms with Crippen LogP contribution >= 0.6 is 11.6 Å². The van der Waals surface area contributed by atoms with Crippen molar-refractivity contribution in [2.75, 3.05) is 25.6 Å². The summed E-state index contributed by atoms with van der Waals surface area (Å²) in [4.78, 5) is 11.7. The van der Waals surface area contributed by atoms with Gasteiger partial charge in [-0.1, -0.05) is 12.1 Å². The van der Waals surface area contributed by atoms with Gasteiger partial charge in [-0.05, 0) is 12.1 Å². The molecule has 0 aliphatic heterocycles. The molecule has 0 heterocycles. The van der Waals surface area contributed by atoms with Crippen LogP contribution in [0.2, 0.25) is 0 Å². The quantitative estimate of drug-likeness (QED) is 0.647. The van der Waals surface area contributed by atoms with E-state index >= 15 is 0 Å². The van der Waals surface area contributed by atoms with Gasteiger partial charge >= 0.3 is 6.18 Å². The first-order valence-corrected chi connectivity index (χ1v) is 6.08. The van der Waals surface area contributed by atoms with Crippen LogP contribution in [0, 0.1) is 0 Å². The maximum absolute atomic E-state index is 12.7. The number of hydrogen-bond acceptors (Lipinski definition) is 2. The monoisotopic (exact) mass is 295 g/mol. The molecule has 0 unspecified atom stereocenters. The van der Waals surface area contributed by atoms with Gasteiger partial charge in [-0.15, -0.1) is 11.6 Å². The number of carbonyl (C=O) groups is 1. The van der Waals surface area contributed by atoms with E-state index in [4.69, 9.17) is 16.3 Å². The number of carbonyl (C=O) groups excluding carboxylic acids is 1. The molecule has 1 rings (SSSR count). The van der Waals surface area contributed by atoms with Crippen molar-refractivity contribution in [1.29, 1.82) is 0 Å². The highest BCUT2D eigenvalue weighted by molar-refractivity contribution is 6.17. The van der Waals surface area contributed by atoms with Gasteiger partial charge in [-0.3, -0.25) is 4.79 Å². The van der Waals surface area contributed by atoms with E-state index < -0.39 is 23.2 Å². The third kappa shape index (κ3) is 5.08. The highest BCUT2D eigenvalue weighted by atomic mass is 35.5. The van der Waals surface area contributed by atoms with Crippen LogP contribution in [-0.2, 0) is 10.9 Å². The van der Waals surface area contributed by atoms with E-state index in [-0.39, 0.29) is 13.2 Å². The predicted octanol–water partition coefficient (Wildman–Crippen LogP) is 2.69. The lowest BCUT2D eigenvalue weighted by Crippen LogP contribution is -2.29. The zero-order valence-corrected chi connectivity index (χ0v) is 10.7. The van der Waals surface area contributed by atoms with Crippen LogP contribution in [0.15, 0.2) is 24.3 Å². The van der Waals surface area contributed by atoms with E-state index in [0.717, 1.165) is 12.1 Å². The second kappa shape index (κ2) is 7.35. The molecule has 0 radical (unpaired) electrons. The Labute approximate surface area is 113 Å². The fraction of sp³-hybridized carbons (Fsp3) is 0.417. The van der Waals surface area contributed by atoms with E-state index in [9.17, 15) is 18.0 Å². The summed E-state index contributed by atoms with van der Waals surface area (Å²) in [6.07, 6.45) is -4.55. The first-order chi connectivity index (χ1) is 8.96. The summed E-state index contributed by atoms with van der Waals surface area (Å²) in [5, 5.41) is 2.36. The molecule has 1 aromatic carbocycles. The molecule has 3 nitrogen and oxygen atoms in total. The number of halogens is 4. The molecule has 0 spiro atoms. The summed E-state index contributed by atoms with van der Waals surface area (Å²) in [5.74, 6) is -0.451. The largest absolute Gasteiger partial charge is 0.417 e. The lowest BCUT2D eigenvalue weighted by Gasteiger charge is -2.12. The highest BCUT2D eigenvalue weighted by Crippen LogP contribution is 2.31. The van der Waals surface area contributed by atoms with Gasteiger partial charge < -0.3 is 10.1 Å². The maximum Gasteiger partial charge on any atom is 0.417 e. The molecule has 0 aliphatic rings. The number of amides is 1. The molecular weight excluding hydrogens is 283 g/mol. The number of benzene rings is 1. The van der Waals surface area contributed by atoms with Crippen molar-refractivity contribution < 1.29 is 22.7 Å². The topological polar surface area (TPSA) is 38.3 Å². The lowest BCUT2D eigenvalue weighted by molar-refractivity contribution is -0.137. The average molecular weight is 296 g/mol. The second-order valence-corrected chi connectivity index (χ2v) is 3.98. The van der Waals surface area contributed by atoms with Gasteiger partial charge in [-0.2, -0.15) is 13.2 Å². The summed E-state index contributed by atoms with van der Waals surface area (Å²) in [6.45, 7) is 0.658. The SMILES string of the molecule is O=C(NCCOCCCl)c1ccccc1C(F)(F)F. The van der Waals surface area contributed by atoms with Crippen LogP contribution in [0.4, 0.5) is 13.2 Å². The third-order valence-electron chi connectivity index (χ3n) is 2.23. The zero-order chi connectivity index (χ0) is 14.3. The van der Waals surface area contributed by atoms with Crippen LogP contribution in [0.25, 0.3) is 0 Å². The van der Waals surface area contributed by atoms with Crippen molar-refractivity contribution in [1.82, 2.24) is 5.32 Å². The molecule has 0 aliphatic carbocycles. The minimum Gasteiger partial charge on any atom is -0.378 e. The van der Waals surface area contributed by atoms with Crippen molar-refractivity contribution >= 4 is 17.5 Å². The Morgan fingerprint density at radius 3 is 2.58 bits per heavy atom. The molecule has 0 bridgehead atoms. The normalized spacial score (nSPS) is 11.4. The molecule has 1 N–H and O–H groups in total. The van der Waals surface area contributed by atoms with E-state index in [0.29, 0.717) is 12.5 Å². The van der Waals surface area contributed by atoms with Crippen molar-refractivity contribution in [2.45, 2.75) is 6.18 Å². The molecule has 1 aromatic rings. The van der Waals surface area contributed by atoms with E-state index in [2.05, 4.69) is 5.32 Å². The van der Waals surface area contributed by atoms with Gasteiger partial charge in [0.15, 0.2) is 0 Å². The molecule has 0 atom stereocenters. The molecule has 0 fully saturated rings. The fourth-order valence-corrected chi connectivity index (χ4v) is 1.53. The number of ether oxygens (including phenoxy) is 1. The minimum absolute atomic E-state index is 0.127. The van der Waals surface area contributed by atoms with Crippen molar-refractivity contribution in [3.8, 4) is 0 Å². The van der Waals surface area contributed by atoms with Gasteiger partial charge in [0.1, 0.15) is 0 Å². The summed E-state index contributed by atoms with van der Waals surface area (Å²) < 4.78 is 43.0. The fourth-order valence-electron chi connectivity index (χ4n) is 1.42. The van der Waals surface area contributed by atoms with E-state index in [1.165, 1.54) is 12.1 Å². The van der Waals surface area contributed by atoms with Crippen molar-refractivity contribution in [3.63, 3.8) is 0 Å². The Hall–Kier alpha value is -1.27. The first-order valence-electron chi connectivity index (χ1n) is 5.55. The van der Waals surface area contributed by atoms with Gasteiger partial charge in [0.05, 0.1) is 24.3 Å². The highest BCUT2D eigenvalue weighted by Gasteiger charge is 2.34. The molecular formula is C12H13ClF3NO2. The minimum atomic E-state index is -4.55. The molecule has 0 aromatic heterocycles. The molecule has 0 saturated heterocycles. The van der Waals surface area contributed by atoms with E-state index in [1.54, 1.807) is 0 Å². The van der Waals surface area contributed by atoms with Gasteiger partial charge in [0.2, 0.25) is 0 Å². The number of hydrogen-bond donors (Lipinski definition) is 1. The Bertz CT molecular complexity index is 424. The zero-order valence-electron chi connectivity index (χ0n) is 9.97. The van der Waals surface area contributed by atoms with Crippen LogP contribution in [0.3, 0.4) is 0 Å². The van der Waals surface area contributed by atoms with Crippen LogP contribution < -0.4 is 5.32 Å². The van der Waals surface area contributed by atoms with Gasteiger partial charge in [-0.25, -0.2) is 0 Å². The molecule has 106 valence electrons. The standard InChI is InChI=1S/C12H13ClF3NO2/c13-5-7-19-8-6-17-11(18)9-3-1-2-4-10(9)12(14,15)16/h1-4H,5-8H2,(H,17,18). The van der Waals surface area contributed by atoms with Crippen LogP contribution in [-0.4, -0.2) is 31.5 Å². The lowest BCUT2D eigenvalue weighted by atomic mass is 10.1. The van der Waals surface area contributed by atoms with Crippen LogP contribution in [0.1, 0.15) is 15.9 Å². The number of nitrogens with one attached hydrogen (secondary N) is 1. The van der Waals surface area contributed by atoms with Crippen LogP contribution in [0.5, 0.6) is 0 Å². The third-order valence-corrected chi connectivity index (χ3v) is 2.38. The Morgan fingerprint density at radius 1 is 1.26 bits per heavy atom. The van der Waals surface area contributed by atoms with Crippen molar-refractivity contribution in [3.05, 3.63) is 35.4 Å². The summed E-state index contributed by atoms with van der Waals surface area (Å²) in [7, 11) is 0. The molecule has 19 heavy (non-hydrogen) atoms. The molecule has 0 saturated carbocycles. The Morgan fingerprint density at radius 2 is 1.95 bits per heavy atom. The summed E-state index contributed by atoms with van der Waals surface area (Å²) in [5.41, 5.74) is -1.35. The Balaban J connectivity index is 2.62. The summed E-state index contributed by atoms with van der Waals surface area (Å²) in [6, 6.07) is 4.63. The van der Waals surface area contributed by atoms with Gasteiger partial charge in [0, 0.05) is 12.4 Å². The second-order valence-electron chi connectivity index (χ2n) is 3.60. The molecule has 7 heteroatoms. The van der Waals surface area contributed by atoms with Crippen molar-refractivity contribution in [2.24, 2.45) is 0 Å². The predicted molar refractivity (Wildman–Crippen MR) is 65.3 cm³/mol. The Kier molecular flexibility index (Phi) is 6.11. The average Bonchev–Trinajstić information content (AvgIpc) is 2.37. The number of rotatable bonds is 6. The first kappa shape index (κ1) is 15.8. The smallest absolute Gasteiger partial charge is 0.378 e. The van der Waals surface area contributed by atoms with Gasteiger partial charge in [0.25, 0.3) is 5.91 Å².